The molecule has 0 bridgehead atoms. The summed E-state index contributed by atoms with van der Waals surface area (Å²) in [6.45, 7) is 13.2. The van der Waals surface area contributed by atoms with Gasteiger partial charge in [-0.15, -0.1) is 0 Å². The fourth-order valence-corrected chi connectivity index (χ4v) is 2.85. The Morgan fingerprint density at radius 3 is 2.70 bits per heavy atom. The minimum atomic E-state index is 0.511. The summed E-state index contributed by atoms with van der Waals surface area (Å²) in [5.74, 6) is 1.92. The van der Waals surface area contributed by atoms with Crippen molar-refractivity contribution in [2.24, 2.45) is 5.92 Å². The van der Waals surface area contributed by atoms with Crippen molar-refractivity contribution in [3.8, 4) is 0 Å². The van der Waals surface area contributed by atoms with E-state index in [0.29, 0.717) is 12.1 Å². The molecule has 1 aromatic rings. The van der Waals surface area contributed by atoms with Crippen molar-refractivity contribution in [3.63, 3.8) is 0 Å². The van der Waals surface area contributed by atoms with Crippen molar-refractivity contribution in [1.82, 2.24) is 10.3 Å². The molecule has 2 rings (SSSR count). The number of hydrogen-bond donors (Lipinski definition) is 1. The first-order valence-corrected chi connectivity index (χ1v) is 7.94. The molecule has 1 N–H and O–H groups in total. The number of aryl methyl sites for hydroxylation is 1. The highest BCUT2D eigenvalue weighted by molar-refractivity contribution is 5.43. The van der Waals surface area contributed by atoms with Crippen molar-refractivity contribution in [3.05, 3.63) is 23.4 Å². The van der Waals surface area contributed by atoms with E-state index in [-0.39, 0.29) is 0 Å². The van der Waals surface area contributed by atoms with Gasteiger partial charge in [0.25, 0.3) is 0 Å². The zero-order chi connectivity index (χ0) is 14.7. The first kappa shape index (κ1) is 15.3. The maximum absolute atomic E-state index is 4.85. The Hall–Kier alpha value is -1.09. The van der Waals surface area contributed by atoms with E-state index < -0.39 is 0 Å². The van der Waals surface area contributed by atoms with Crippen LogP contribution in [0.5, 0.6) is 0 Å². The van der Waals surface area contributed by atoms with Crippen LogP contribution in [0.15, 0.2) is 12.1 Å². The van der Waals surface area contributed by atoms with Gasteiger partial charge in [0.05, 0.1) is 0 Å². The van der Waals surface area contributed by atoms with E-state index in [4.69, 9.17) is 4.98 Å². The van der Waals surface area contributed by atoms with Crippen LogP contribution in [-0.4, -0.2) is 23.6 Å². The van der Waals surface area contributed by atoms with Crippen molar-refractivity contribution in [1.29, 1.82) is 0 Å². The predicted octanol–water partition coefficient (Wildman–Crippen LogP) is 3.51. The van der Waals surface area contributed by atoms with Gasteiger partial charge in [-0.3, -0.25) is 0 Å². The fourth-order valence-electron chi connectivity index (χ4n) is 2.85. The van der Waals surface area contributed by atoms with Gasteiger partial charge in [-0.25, -0.2) is 4.98 Å². The predicted molar refractivity (Wildman–Crippen MR) is 86.2 cm³/mol. The molecule has 112 valence electrons. The summed E-state index contributed by atoms with van der Waals surface area (Å²) in [5.41, 5.74) is 2.46. The Kier molecular flexibility index (Phi) is 5.03. The maximum atomic E-state index is 4.85. The molecular formula is C17H29N3. The molecule has 1 aliphatic heterocycles. The molecule has 0 spiro atoms. The van der Waals surface area contributed by atoms with E-state index in [0.717, 1.165) is 30.5 Å². The summed E-state index contributed by atoms with van der Waals surface area (Å²) < 4.78 is 0. The summed E-state index contributed by atoms with van der Waals surface area (Å²) >= 11 is 0. The molecule has 0 amide bonds. The SMILES string of the molecule is Cc1nc(N2CC(C)CCC2C)ccc1CNC(C)C. The van der Waals surface area contributed by atoms with Crippen LogP contribution in [0.25, 0.3) is 0 Å². The molecule has 1 aliphatic rings. The molecule has 1 saturated heterocycles. The van der Waals surface area contributed by atoms with E-state index >= 15 is 0 Å². The Labute approximate surface area is 123 Å². The number of pyridine rings is 1. The molecule has 2 unspecified atom stereocenters. The third kappa shape index (κ3) is 3.72. The molecule has 3 heteroatoms. The molecule has 20 heavy (non-hydrogen) atoms. The smallest absolute Gasteiger partial charge is 0.129 e. The lowest BCUT2D eigenvalue weighted by molar-refractivity contribution is 0.388. The number of aromatic nitrogens is 1. The van der Waals surface area contributed by atoms with Gasteiger partial charge in [0, 0.05) is 30.9 Å². The van der Waals surface area contributed by atoms with Crippen molar-refractivity contribution >= 4 is 5.82 Å². The Morgan fingerprint density at radius 2 is 2.05 bits per heavy atom. The number of nitrogens with one attached hydrogen (secondary N) is 1. The van der Waals surface area contributed by atoms with E-state index in [1.165, 1.54) is 18.4 Å². The number of piperidine rings is 1. The van der Waals surface area contributed by atoms with Crippen LogP contribution in [0.1, 0.15) is 51.8 Å². The molecule has 0 aromatic carbocycles. The lowest BCUT2D eigenvalue weighted by atomic mass is 9.95. The largest absolute Gasteiger partial charge is 0.354 e. The normalized spacial score (nSPS) is 23.4. The number of hydrogen-bond acceptors (Lipinski definition) is 3. The number of rotatable bonds is 4. The molecule has 2 atom stereocenters. The quantitative estimate of drug-likeness (QED) is 0.911. The number of anilines is 1. The van der Waals surface area contributed by atoms with Crippen LogP contribution in [0.4, 0.5) is 5.82 Å². The maximum Gasteiger partial charge on any atom is 0.129 e. The molecular weight excluding hydrogens is 246 g/mol. The molecule has 0 aliphatic carbocycles. The minimum Gasteiger partial charge on any atom is -0.354 e. The lowest BCUT2D eigenvalue weighted by Gasteiger charge is -2.38. The first-order chi connectivity index (χ1) is 9.47. The average Bonchev–Trinajstić information content (AvgIpc) is 2.40. The van der Waals surface area contributed by atoms with Gasteiger partial charge >= 0.3 is 0 Å². The Bertz CT molecular complexity index is 442. The first-order valence-electron chi connectivity index (χ1n) is 7.94. The second-order valence-electron chi connectivity index (χ2n) is 6.63. The molecule has 2 heterocycles. The van der Waals surface area contributed by atoms with Crippen LogP contribution in [-0.2, 0) is 6.54 Å². The summed E-state index contributed by atoms with van der Waals surface area (Å²) in [6.07, 6.45) is 2.62. The molecule has 0 radical (unpaired) electrons. The van der Waals surface area contributed by atoms with Gasteiger partial charge in [0.1, 0.15) is 5.82 Å². The highest BCUT2D eigenvalue weighted by Crippen LogP contribution is 2.26. The third-order valence-electron chi connectivity index (χ3n) is 4.29. The zero-order valence-corrected chi connectivity index (χ0v) is 13.6. The summed E-state index contributed by atoms with van der Waals surface area (Å²) in [5, 5.41) is 3.46. The third-order valence-corrected chi connectivity index (χ3v) is 4.29. The molecule has 1 fully saturated rings. The summed E-state index contributed by atoms with van der Waals surface area (Å²) in [4.78, 5) is 7.32. The van der Waals surface area contributed by atoms with Gasteiger partial charge < -0.3 is 10.2 Å². The fraction of sp³-hybridized carbons (Fsp3) is 0.706. The van der Waals surface area contributed by atoms with Crippen LogP contribution < -0.4 is 10.2 Å². The summed E-state index contributed by atoms with van der Waals surface area (Å²) in [7, 11) is 0. The minimum absolute atomic E-state index is 0.511. The van der Waals surface area contributed by atoms with Gasteiger partial charge in [-0.2, -0.15) is 0 Å². The number of nitrogens with zero attached hydrogens (tertiary/aromatic N) is 2. The summed E-state index contributed by atoms with van der Waals surface area (Å²) in [6, 6.07) is 5.55. The van der Waals surface area contributed by atoms with Crippen molar-refractivity contribution in [2.75, 3.05) is 11.4 Å². The standard InChI is InChI=1S/C17H29N3/c1-12(2)18-10-16-8-9-17(19-15(16)5)20-11-13(3)6-7-14(20)4/h8-9,12-14,18H,6-7,10-11H2,1-5H3. The molecule has 3 nitrogen and oxygen atoms in total. The monoisotopic (exact) mass is 275 g/mol. The van der Waals surface area contributed by atoms with E-state index in [2.05, 4.69) is 57.0 Å². The molecule has 0 saturated carbocycles. The van der Waals surface area contributed by atoms with Crippen LogP contribution in [0.3, 0.4) is 0 Å². The van der Waals surface area contributed by atoms with E-state index in [1.807, 2.05) is 0 Å². The second kappa shape index (κ2) is 6.57. The van der Waals surface area contributed by atoms with Gasteiger partial charge in [0.2, 0.25) is 0 Å². The zero-order valence-electron chi connectivity index (χ0n) is 13.6. The topological polar surface area (TPSA) is 28.2 Å². The van der Waals surface area contributed by atoms with Gasteiger partial charge in [-0.05, 0) is 44.2 Å². The van der Waals surface area contributed by atoms with Crippen LogP contribution in [0, 0.1) is 12.8 Å². The Balaban J connectivity index is 2.11. The highest BCUT2D eigenvalue weighted by atomic mass is 15.2. The van der Waals surface area contributed by atoms with Crippen molar-refractivity contribution < 1.29 is 0 Å². The molecule has 1 aromatic heterocycles. The second-order valence-corrected chi connectivity index (χ2v) is 6.63. The van der Waals surface area contributed by atoms with E-state index in [9.17, 15) is 0 Å². The van der Waals surface area contributed by atoms with Gasteiger partial charge in [-0.1, -0.05) is 26.8 Å². The van der Waals surface area contributed by atoms with Gasteiger partial charge in [0.15, 0.2) is 0 Å². The van der Waals surface area contributed by atoms with E-state index in [1.54, 1.807) is 0 Å². The lowest BCUT2D eigenvalue weighted by Crippen LogP contribution is -2.41. The highest BCUT2D eigenvalue weighted by Gasteiger charge is 2.24. The average molecular weight is 275 g/mol. The Morgan fingerprint density at radius 1 is 1.30 bits per heavy atom. The van der Waals surface area contributed by atoms with Crippen molar-refractivity contribution in [2.45, 2.75) is 66.1 Å². The van der Waals surface area contributed by atoms with Crippen LogP contribution >= 0.6 is 0 Å². The van der Waals surface area contributed by atoms with Crippen LogP contribution in [0.2, 0.25) is 0 Å².